The van der Waals surface area contributed by atoms with E-state index in [9.17, 15) is 14.7 Å². The van der Waals surface area contributed by atoms with E-state index in [0.717, 1.165) is 5.56 Å². The van der Waals surface area contributed by atoms with Gasteiger partial charge in [-0.15, -0.1) is 0 Å². The van der Waals surface area contributed by atoms with Crippen LogP contribution in [0, 0.1) is 0 Å². The van der Waals surface area contributed by atoms with Crippen molar-refractivity contribution in [2.75, 3.05) is 18.1 Å². The first-order valence-electron chi connectivity index (χ1n) is 11.1. The van der Waals surface area contributed by atoms with Crippen LogP contribution in [0.3, 0.4) is 0 Å². The molecule has 0 fully saturated rings. The number of benzene rings is 3. The number of hydrogen-bond acceptors (Lipinski definition) is 4. The summed E-state index contributed by atoms with van der Waals surface area (Å²) in [5.41, 5.74) is 3.42. The molecule has 3 aromatic carbocycles. The highest BCUT2D eigenvalue weighted by molar-refractivity contribution is 6.11. The van der Waals surface area contributed by atoms with Crippen LogP contribution in [-0.4, -0.2) is 30.2 Å². The molecule has 1 amide bonds. The predicted molar refractivity (Wildman–Crippen MR) is 124 cm³/mol. The molecule has 2 unspecified atom stereocenters. The quantitative estimate of drug-likeness (QED) is 0.603. The molecule has 0 aliphatic carbocycles. The molecule has 0 radical (unpaired) electrons. The molecule has 2 aliphatic rings. The van der Waals surface area contributed by atoms with E-state index in [2.05, 4.69) is 13.8 Å². The lowest BCUT2D eigenvalue weighted by Gasteiger charge is -2.41. The molecule has 1 N–H and O–H groups in total. The maximum Gasteiger partial charge on any atom is 0.313 e. The van der Waals surface area contributed by atoms with Gasteiger partial charge in [0.05, 0.1) is 6.04 Å². The number of carboxylic acids is 1. The first-order chi connectivity index (χ1) is 16.0. The first-order valence-corrected chi connectivity index (χ1v) is 11.1. The third-order valence-corrected chi connectivity index (χ3v) is 6.35. The zero-order valence-electron chi connectivity index (χ0n) is 18.5. The molecule has 0 spiro atoms. The summed E-state index contributed by atoms with van der Waals surface area (Å²) < 4.78 is 11.4. The minimum absolute atomic E-state index is 0.222. The lowest BCUT2D eigenvalue weighted by molar-refractivity contribution is -0.139. The van der Waals surface area contributed by atoms with Crippen LogP contribution < -0.4 is 14.4 Å². The van der Waals surface area contributed by atoms with Crippen LogP contribution in [0.5, 0.6) is 11.5 Å². The van der Waals surface area contributed by atoms with Crippen molar-refractivity contribution in [1.29, 1.82) is 0 Å². The molecule has 6 heteroatoms. The number of fused-ring (bicyclic) bond motifs is 2. The molecule has 0 saturated carbocycles. The van der Waals surface area contributed by atoms with Crippen LogP contribution in [0.2, 0.25) is 0 Å². The predicted octanol–water partition coefficient (Wildman–Crippen LogP) is 5.15. The topological polar surface area (TPSA) is 76.1 Å². The van der Waals surface area contributed by atoms with Gasteiger partial charge in [0.15, 0.2) is 11.5 Å². The van der Waals surface area contributed by atoms with Crippen LogP contribution in [0.4, 0.5) is 5.69 Å². The maximum absolute atomic E-state index is 13.8. The van der Waals surface area contributed by atoms with Gasteiger partial charge in [0.25, 0.3) is 5.91 Å². The number of aliphatic carboxylic acids is 1. The van der Waals surface area contributed by atoms with Crippen LogP contribution in [-0.2, 0) is 4.79 Å². The van der Waals surface area contributed by atoms with E-state index in [1.807, 2.05) is 30.3 Å². The molecule has 3 aromatic rings. The summed E-state index contributed by atoms with van der Waals surface area (Å²) in [6.45, 7) is 5.10. The Bertz CT molecular complexity index is 1220. The second-order valence-corrected chi connectivity index (χ2v) is 8.67. The first kappa shape index (κ1) is 21.1. The van der Waals surface area contributed by atoms with Crippen molar-refractivity contribution in [3.05, 3.63) is 89.0 Å². The number of carbonyl (C=O) groups is 2. The molecule has 0 bridgehead atoms. The van der Waals surface area contributed by atoms with Crippen molar-refractivity contribution in [1.82, 2.24) is 0 Å². The van der Waals surface area contributed by atoms with E-state index in [1.165, 1.54) is 0 Å². The third-order valence-electron chi connectivity index (χ3n) is 6.35. The fraction of sp³-hybridized carbons (Fsp3) is 0.259. The fourth-order valence-corrected chi connectivity index (χ4v) is 4.69. The summed E-state index contributed by atoms with van der Waals surface area (Å²) in [5.74, 6) is -0.626. The highest BCUT2D eigenvalue weighted by atomic mass is 16.6. The summed E-state index contributed by atoms with van der Waals surface area (Å²) in [6, 6.07) is 19.4. The molecule has 2 atom stereocenters. The highest BCUT2D eigenvalue weighted by Crippen LogP contribution is 2.47. The molecule has 5 rings (SSSR count). The van der Waals surface area contributed by atoms with Gasteiger partial charge in [0.2, 0.25) is 0 Å². The molecule has 33 heavy (non-hydrogen) atoms. The lowest BCUT2D eigenvalue weighted by atomic mass is 9.79. The Morgan fingerprint density at radius 1 is 0.970 bits per heavy atom. The fourth-order valence-electron chi connectivity index (χ4n) is 4.69. The van der Waals surface area contributed by atoms with Gasteiger partial charge in [-0.05, 0) is 52.9 Å². The van der Waals surface area contributed by atoms with Crippen molar-refractivity contribution >= 4 is 17.6 Å². The standard InChI is InChI=1S/C27H25NO5/c1-16(2)17-7-10-19(11-8-17)28-25(18-9-12-22-23(15-18)33-14-13-32-22)24(27(30)31)20-5-3-4-6-21(20)26(28)29/h3-12,15-16,24-25H,13-14H2,1-2H3,(H,30,31). The van der Waals surface area contributed by atoms with E-state index in [1.54, 1.807) is 41.3 Å². The van der Waals surface area contributed by atoms with Gasteiger partial charge in [-0.25, -0.2) is 0 Å². The number of hydrogen-bond donors (Lipinski definition) is 1. The third kappa shape index (κ3) is 3.61. The van der Waals surface area contributed by atoms with Crippen molar-refractivity contribution in [3.63, 3.8) is 0 Å². The van der Waals surface area contributed by atoms with Gasteiger partial charge in [0.1, 0.15) is 19.1 Å². The number of anilines is 1. The van der Waals surface area contributed by atoms with Crippen molar-refractivity contribution in [3.8, 4) is 11.5 Å². The molecule has 0 saturated heterocycles. The summed E-state index contributed by atoms with van der Waals surface area (Å²) in [7, 11) is 0. The lowest BCUT2D eigenvalue weighted by Crippen LogP contribution is -2.45. The zero-order valence-corrected chi connectivity index (χ0v) is 18.5. The molecular formula is C27H25NO5. The van der Waals surface area contributed by atoms with Gasteiger partial charge in [-0.2, -0.15) is 0 Å². The normalized spacial score (nSPS) is 19.4. The van der Waals surface area contributed by atoms with Gasteiger partial charge >= 0.3 is 5.97 Å². The summed E-state index contributed by atoms with van der Waals surface area (Å²) in [5, 5.41) is 10.3. The average molecular weight is 443 g/mol. The molecular weight excluding hydrogens is 418 g/mol. The van der Waals surface area contributed by atoms with E-state index < -0.39 is 17.9 Å². The second kappa shape index (κ2) is 8.28. The summed E-state index contributed by atoms with van der Waals surface area (Å²) in [6.07, 6.45) is 0. The molecule has 0 aromatic heterocycles. The number of carbonyl (C=O) groups excluding carboxylic acids is 1. The Morgan fingerprint density at radius 2 is 1.67 bits per heavy atom. The van der Waals surface area contributed by atoms with Crippen molar-refractivity contribution < 1.29 is 24.2 Å². The van der Waals surface area contributed by atoms with E-state index in [-0.39, 0.29) is 5.91 Å². The number of rotatable bonds is 4. The Kier molecular flexibility index (Phi) is 5.29. The summed E-state index contributed by atoms with van der Waals surface area (Å²) >= 11 is 0. The maximum atomic E-state index is 13.8. The SMILES string of the molecule is CC(C)c1ccc(N2C(=O)c3ccccc3C(C(=O)O)C2c2ccc3c(c2)OCCO3)cc1. The molecule has 168 valence electrons. The number of carboxylic acid groups (broad SMARTS) is 1. The average Bonchev–Trinajstić information content (AvgIpc) is 2.83. The Labute approximate surface area is 192 Å². The van der Waals surface area contributed by atoms with E-state index in [4.69, 9.17) is 9.47 Å². The minimum Gasteiger partial charge on any atom is -0.486 e. The van der Waals surface area contributed by atoms with Crippen LogP contribution in [0.1, 0.15) is 58.8 Å². The number of amides is 1. The largest absolute Gasteiger partial charge is 0.486 e. The Morgan fingerprint density at radius 3 is 2.36 bits per heavy atom. The molecule has 6 nitrogen and oxygen atoms in total. The highest BCUT2D eigenvalue weighted by Gasteiger charge is 2.45. The second-order valence-electron chi connectivity index (χ2n) is 8.67. The molecule has 2 aliphatic heterocycles. The minimum atomic E-state index is -0.987. The van der Waals surface area contributed by atoms with Gasteiger partial charge in [-0.1, -0.05) is 50.2 Å². The van der Waals surface area contributed by atoms with E-state index in [0.29, 0.717) is 53.0 Å². The monoisotopic (exact) mass is 443 g/mol. The van der Waals surface area contributed by atoms with Crippen molar-refractivity contribution in [2.24, 2.45) is 0 Å². The van der Waals surface area contributed by atoms with Crippen molar-refractivity contribution in [2.45, 2.75) is 31.7 Å². The summed E-state index contributed by atoms with van der Waals surface area (Å²) in [4.78, 5) is 28.0. The van der Waals surface area contributed by atoms with Gasteiger partial charge < -0.3 is 14.6 Å². The molecule has 2 heterocycles. The smallest absolute Gasteiger partial charge is 0.313 e. The van der Waals surface area contributed by atoms with E-state index >= 15 is 0 Å². The van der Waals surface area contributed by atoms with Crippen LogP contribution in [0.25, 0.3) is 0 Å². The van der Waals surface area contributed by atoms with Gasteiger partial charge in [0, 0.05) is 11.3 Å². The Balaban J connectivity index is 1.70. The zero-order chi connectivity index (χ0) is 23.1. The number of nitrogens with zero attached hydrogens (tertiary/aromatic N) is 1. The Hall–Kier alpha value is -3.80. The number of ether oxygens (including phenoxy) is 2. The van der Waals surface area contributed by atoms with Gasteiger partial charge in [-0.3, -0.25) is 14.5 Å². The van der Waals surface area contributed by atoms with Crippen LogP contribution >= 0.6 is 0 Å². The van der Waals surface area contributed by atoms with Crippen LogP contribution in [0.15, 0.2) is 66.7 Å².